The minimum absolute atomic E-state index is 0.0489. The quantitative estimate of drug-likeness (QED) is 0.892. The van der Waals surface area contributed by atoms with Gasteiger partial charge in [0, 0.05) is 37.8 Å². The highest BCUT2D eigenvalue weighted by Crippen LogP contribution is 2.15. The fraction of sp³-hybridized carbons (Fsp3) is 0.556. The molecule has 0 saturated carbocycles. The summed E-state index contributed by atoms with van der Waals surface area (Å²) in [5.41, 5.74) is 3.44. The molecule has 6 heteroatoms. The second-order valence-electron chi connectivity index (χ2n) is 6.58. The van der Waals surface area contributed by atoms with Gasteiger partial charge in [-0.05, 0) is 25.0 Å². The zero-order chi connectivity index (χ0) is 17.1. The van der Waals surface area contributed by atoms with E-state index in [1.807, 2.05) is 23.6 Å². The number of amides is 2. The van der Waals surface area contributed by atoms with Crippen LogP contribution in [0.5, 0.6) is 0 Å². The van der Waals surface area contributed by atoms with Gasteiger partial charge in [0.1, 0.15) is 0 Å². The highest BCUT2D eigenvalue weighted by molar-refractivity contribution is 7.99. The molecule has 2 fully saturated rings. The van der Waals surface area contributed by atoms with Gasteiger partial charge in [-0.3, -0.25) is 14.9 Å². The van der Waals surface area contributed by atoms with Gasteiger partial charge in [0.05, 0.1) is 12.5 Å². The van der Waals surface area contributed by atoms with Gasteiger partial charge in [0.2, 0.25) is 11.8 Å². The van der Waals surface area contributed by atoms with Gasteiger partial charge < -0.3 is 9.80 Å². The van der Waals surface area contributed by atoms with E-state index in [1.165, 1.54) is 5.56 Å². The lowest BCUT2D eigenvalue weighted by atomic mass is 10.0. The summed E-state index contributed by atoms with van der Waals surface area (Å²) < 4.78 is 0. The Labute approximate surface area is 147 Å². The SMILES string of the molecule is Cc1ccc(C)c(CC(=O)N2CCN(C(=O)C3CSCN3)CC2)c1. The van der Waals surface area contributed by atoms with Gasteiger partial charge in [0.15, 0.2) is 0 Å². The molecule has 1 atom stereocenters. The molecule has 3 rings (SSSR count). The van der Waals surface area contributed by atoms with Crippen molar-refractivity contribution in [1.29, 1.82) is 0 Å². The van der Waals surface area contributed by atoms with Crippen molar-refractivity contribution in [2.45, 2.75) is 26.3 Å². The van der Waals surface area contributed by atoms with Crippen molar-refractivity contribution in [3.05, 3.63) is 34.9 Å². The molecule has 0 bridgehead atoms. The number of thioether (sulfide) groups is 1. The zero-order valence-electron chi connectivity index (χ0n) is 14.4. The first-order valence-corrected chi connectivity index (χ1v) is 9.64. The fourth-order valence-electron chi connectivity index (χ4n) is 3.22. The summed E-state index contributed by atoms with van der Waals surface area (Å²) in [5.74, 6) is 2.04. The minimum Gasteiger partial charge on any atom is -0.339 e. The molecule has 1 aromatic rings. The first-order chi connectivity index (χ1) is 11.5. The van der Waals surface area contributed by atoms with Gasteiger partial charge in [0.25, 0.3) is 0 Å². The molecule has 2 amide bonds. The third-order valence-electron chi connectivity index (χ3n) is 4.80. The maximum atomic E-state index is 12.6. The molecule has 2 heterocycles. The molecular formula is C18H25N3O2S. The van der Waals surface area contributed by atoms with Crippen molar-refractivity contribution in [3.63, 3.8) is 0 Å². The third kappa shape index (κ3) is 3.92. The van der Waals surface area contributed by atoms with Crippen molar-refractivity contribution in [2.24, 2.45) is 0 Å². The summed E-state index contributed by atoms with van der Waals surface area (Å²) in [7, 11) is 0. The number of nitrogens with one attached hydrogen (secondary N) is 1. The number of hydrogen-bond donors (Lipinski definition) is 1. The van der Waals surface area contributed by atoms with Crippen LogP contribution in [0.4, 0.5) is 0 Å². The van der Waals surface area contributed by atoms with E-state index in [2.05, 4.69) is 23.5 Å². The Kier molecular flexibility index (Phi) is 5.46. The molecule has 130 valence electrons. The first kappa shape index (κ1) is 17.3. The van der Waals surface area contributed by atoms with E-state index in [-0.39, 0.29) is 17.9 Å². The lowest BCUT2D eigenvalue weighted by molar-refractivity contribution is -0.140. The molecule has 1 unspecified atom stereocenters. The van der Waals surface area contributed by atoms with Crippen molar-refractivity contribution < 1.29 is 9.59 Å². The Morgan fingerprint density at radius 2 is 1.88 bits per heavy atom. The van der Waals surface area contributed by atoms with Gasteiger partial charge in [-0.25, -0.2) is 0 Å². The summed E-state index contributed by atoms with van der Waals surface area (Å²) in [4.78, 5) is 28.8. The highest BCUT2D eigenvalue weighted by atomic mass is 32.2. The molecule has 0 aromatic heterocycles. The summed E-state index contributed by atoms with van der Waals surface area (Å²) in [6, 6.07) is 6.19. The van der Waals surface area contributed by atoms with E-state index < -0.39 is 0 Å². The van der Waals surface area contributed by atoms with E-state index in [9.17, 15) is 9.59 Å². The molecule has 1 aromatic carbocycles. The van der Waals surface area contributed by atoms with Crippen LogP contribution >= 0.6 is 11.8 Å². The van der Waals surface area contributed by atoms with Crippen LogP contribution in [0.25, 0.3) is 0 Å². The third-order valence-corrected chi connectivity index (χ3v) is 5.74. The van der Waals surface area contributed by atoms with Crippen LogP contribution in [0.1, 0.15) is 16.7 Å². The Morgan fingerprint density at radius 1 is 1.17 bits per heavy atom. The molecule has 2 aliphatic heterocycles. The van der Waals surface area contributed by atoms with E-state index in [0.29, 0.717) is 32.6 Å². The summed E-state index contributed by atoms with van der Waals surface area (Å²) in [5, 5.41) is 3.22. The van der Waals surface area contributed by atoms with Crippen LogP contribution < -0.4 is 5.32 Å². The molecular weight excluding hydrogens is 322 g/mol. The van der Waals surface area contributed by atoms with Crippen molar-refractivity contribution in [1.82, 2.24) is 15.1 Å². The molecule has 2 aliphatic rings. The Hall–Kier alpha value is -1.53. The van der Waals surface area contributed by atoms with Gasteiger partial charge in [-0.2, -0.15) is 0 Å². The van der Waals surface area contributed by atoms with Crippen LogP contribution in [0.2, 0.25) is 0 Å². The average Bonchev–Trinajstić information content (AvgIpc) is 3.12. The number of benzene rings is 1. The maximum absolute atomic E-state index is 12.6. The summed E-state index contributed by atoms with van der Waals surface area (Å²) in [6.07, 6.45) is 0.447. The van der Waals surface area contributed by atoms with Gasteiger partial charge in [-0.1, -0.05) is 23.8 Å². The number of hydrogen-bond acceptors (Lipinski definition) is 4. The van der Waals surface area contributed by atoms with Crippen LogP contribution in [0, 0.1) is 13.8 Å². The molecule has 1 N–H and O–H groups in total. The lowest BCUT2D eigenvalue weighted by Gasteiger charge is -2.36. The predicted octanol–water partition coefficient (Wildman–Crippen LogP) is 1.18. The number of piperazine rings is 1. The molecule has 24 heavy (non-hydrogen) atoms. The molecule has 0 spiro atoms. The van der Waals surface area contributed by atoms with Crippen molar-refractivity contribution >= 4 is 23.6 Å². The highest BCUT2D eigenvalue weighted by Gasteiger charge is 2.30. The first-order valence-electron chi connectivity index (χ1n) is 8.48. The van der Waals surface area contributed by atoms with Gasteiger partial charge in [-0.15, -0.1) is 11.8 Å². The second-order valence-corrected chi connectivity index (χ2v) is 7.61. The van der Waals surface area contributed by atoms with Crippen LogP contribution in [0.15, 0.2) is 18.2 Å². The summed E-state index contributed by atoms with van der Waals surface area (Å²) >= 11 is 1.76. The molecule has 0 aliphatic carbocycles. The van der Waals surface area contributed by atoms with Crippen LogP contribution in [-0.4, -0.2) is 65.5 Å². The number of carbonyl (C=O) groups is 2. The minimum atomic E-state index is -0.0489. The van der Waals surface area contributed by atoms with E-state index in [1.54, 1.807) is 11.8 Å². The predicted molar refractivity (Wildman–Crippen MR) is 97.0 cm³/mol. The standard InChI is InChI=1S/C18H25N3O2S/c1-13-3-4-14(2)15(9-13)10-17(22)20-5-7-21(8-6-20)18(23)16-11-24-12-19-16/h3-4,9,16,19H,5-8,10-12H2,1-2H3. The van der Waals surface area contributed by atoms with Crippen LogP contribution in [-0.2, 0) is 16.0 Å². The largest absolute Gasteiger partial charge is 0.339 e. The molecule has 2 saturated heterocycles. The fourth-order valence-corrected chi connectivity index (χ4v) is 4.15. The summed E-state index contributed by atoms with van der Waals surface area (Å²) in [6.45, 7) is 6.64. The smallest absolute Gasteiger partial charge is 0.240 e. The Balaban J connectivity index is 1.53. The number of aryl methyl sites for hydroxylation is 2. The van der Waals surface area contributed by atoms with E-state index in [0.717, 1.165) is 22.8 Å². The van der Waals surface area contributed by atoms with Crippen LogP contribution in [0.3, 0.4) is 0 Å². The van der Waals surface area contributed by atoms with Crippen molar-refractivity contribution in [3.8, 4) is 0 Å². The molecule has 0 radical (unpaired) electrons. The molecule has 5 nitrogen and oxygen atoms in total. The second kappa shape index (κ2) is 7.57. The number of nitrogens with zero attached hydrogens (tertiary/aromatic N) is 2. The number of rotatable bonds is 3. The number of carbonyl (C=O) groups excluding carboxylic acids is 2. The topological polar surface area (TPSA) is 52.7 Å². The monoisotopic (exact) mass is 347 g/mol. The van der Waals surface area contributed by atoms with E-state index in [4.69, 9.17) is 0 Å². The Morgan fingerprint density at radius 3 is 2.54 bits per heavy atom. The average molecular weight is 347 g/mol. The maximum Gasteiger partial charge on any atom is 0.240 e. The van der Waals surface area contributed by atoms with E-state index >= 15 is 0 Å². The zero-order valence-corrected chi connectivity index (χ0v) is 15.2. The Bertz CT molecular complexity index is 621. The van der Waals surface area contributed by atoms with Crippen molar-refractivity contribution in [2.75, 3.05) is 37.8 Å². The normalized spacial score (nSPS) is 21.2. The lowest BCUT2D eigenvalue weighted by Crippen LogP contribution is -2.54. The van der Waals surface area contributed by atoms with Gasteiger partial charge >= 0.3 is 0 Å².